The summed E-state index contributed by atoms with van der Waals surface area (Å²) in [6.07, 6.45) is 3.41. The van der Waals surface area contributed by atoms with Crippen molar-refractivity contribution in [3.8, 4) is 0 Å². The quantitative estimate of drug-likeness (QED) is 0.685. The van der Waals surface area contributed by atoms with Crippen molar-refractivity contribution in [2.75, 3.05) is 7.11 Å². The first-order chi connectivity index (χ1) is 9.79. The largest absolute Gasteiger partial charge is 0.467 e. The Balaban J connectivity index is 2.11. The molecule has 1 aromatic heterocycles. The van der Waals surface area contributed by atoms with Crippen molar-refractivity contribution in [2.45, 2.75) is 6.04 Å². The van der Waals surface area contributed by atoms with E-state index >= 15 is 0 Å². The van der Waals surface area contributed by atoms with Crippen LogP contribution in [0.5, 0.6) is 0 Å². The van der Waals surface area contributed by atoms with E-state index in [0.717, 1.165) is 16.3 Å². The number of carbonyl (C=O) groups excluding carboxylic acids is 1. The molecule has 20 heavy (non-hydrogen) atoms. The van der Waals surface area contributed by atoms with E-state index in [1.165, 1.54) is 7.11 Å². The van der Waals surface area contributed by atoms with Crippen LogP contribution in [0.4, 0.5) is 0 Å². The molecule has 3 rings (SSSR count). The zero-order chi connectivity index (χ0) is 13.9. The van der Waals surface area contributed by atoms with Crippen molar-refractivity contribution in [3.63, 3.8) is 0 Å². The SMILES string of the molecule is COC(=O)C(c1ccc2ccccc2c1)n1cccn1. The van der Waals surface area contributed by atoms with Gasteiger partial charge in [0.25, 0.3) is 0 Å². The molecule has 100 valence electrons. The van der Waals surface area contributed by atoms with Gasteiger partial charge in [-0.1, -0.05) is 36.4 Å². The molecule has 0 amide bonds. The number of benzene rings is 2. The van der Waals surface area contributed by atoms with E-state index in [1.54, 1.807) is 23.1 Å². The molecular formula is C16H14N2O2. The second kappa shape index (κ2) is 5.17. The fourth-order valence-corrected chi connectivity index (χ4v) is 2.32. The van der Waals surface area contributed by atoms with Gasteiger partial charge in [-0.2, -0.15) is 5.10 Å². The van der Waals surface area contributed by atoms with Crippen LogP contribution in [0, 0.1) is 0 Å². The predicted octanol–water partition coefficient (Wildman–Crippen LogP) is 2.80. The number of aromatic nitrogens is 2. The third-order valence-corrected chi connectivity index (χ3v) is 3.30. The van der Waals surface area contributed by atoms with Crippen molar-refractivity contribution in [1.82, 2.24) is 9.78 Å². The second-order valence-corrected chi connectivity index (χ2v) is 4.52. The van der Waals surface area contributed by atoms with E-state index in [0.29, 0.717) is 0 Å². The molecule has 0 aliphatic rings. The number of fused-ring (bicyclic) bond motifs is 1. The third-order valence-electron chi connectivity index (χ3n) is 3.30. The van der Waals surface area contributed by atoms with Gasteiger partial charge in [0.15, 0.2) is 6.04 Å². The van der Waals surface area contributed by atoms with Gasteiger partial charge in [0.05, 0.1) is 7.11 Å². The molecule has 1 unspecified atom stereocenters. The van der Waals surface area contributed by atoms with Gasteiger partial charge in [-0.05, 0) is 28.5 Å². The van der Waals surface area contributed by atoms with Crippen molar-refractivity contribution in [3.05, 3.63) is 66.5 Å². The van der Waals surface area contributed by atoms with Gasteiger partial charge < -0.3 is 4.74 Å². The van der Waals surface area contributed by atoms with Gasteiger partial charge in [-0.25, -0.2) is 4.79 Å². The molecule has 0 aliphatic carbocycles. The van der Waals surface area contributed by atoms with E-state index in [9.17, 15) is 4.79 Å². The second-order valence-electron chi connectivity index (χ2n) is 4.52. The van der Waals surface area contributed by atoms with Gasteiger partial charge in [-0.3, -0.25) is 4.68 Å². The van der Waals surface area contributed by atoms with Crippen molar-refractivity contribution in [1.29, 1.82) is 0 Å². The van der Waals surface area contributed by atoms with Crippen LogP contribution >= 0.6 is 0 Å². The lowest BCUT2D eigenvalue weighted by Crippen LogP contribution is -2.22. The van der Waals surface area contributed by atoms with Crippen LogP contribution in [-0.2, 0) is 9.53 Å². The Morgan fingerprint density at radius 1 is 1.15 bits per heavy atom. The van der Waals surface area contributed by atoms with Crippen LogP contribution in [-0.4, -0.2) is 22.9 Å². The summed E-state index contributed by atoms with van der Waals surface area (Å²) in [6, 6.07) is 15.2. The molecule has 0 aliphatic heterocycles. The fraction of sp³-hybridized carbons (Fsp3) is 0.125. The molecule has 4 nitrogen and oxygen atoms in total. The molecule has 1 heterocycles. The lowest BCUT2D eigenvalue weighted by molar-refractivity contribution is -0.143. The highest BCUT2D eigenvalue weighted by atomic mass is 16.5. The Morgan fingerprint density at radius 2 is 1.95 bits per heavy atom. The van der Waals surface area contributed by atoms with Crippen LogP contribution in [0.15, 0.2) is 60.9 Å². The highest BCUT2D eigenvalue weighted by Crippen LogP contribution is 2.23. The van der Waals surface area contributed by atoms with Gasteiger partial charge in [0, 0.05) is 12.4 Å². The Morgan fingerprint density at radius 3 is 2.65 bits per heavy atom. The van der Waals surface area contributed by atoms with E-state index in [4.69, 9.17) is 4.74 Å². The molecule has 2 aromatic carbocycles. The molecule has 0 fully saturated rings. The average molecular weight is 266 g/mol. The number of methoxy groups -OCH3 is 1. The van der Waals surface area contributed by atoms with Crippen molar-refractivity contribution in [2.24, 2.45) is 0 Å². The topological polar surface area (TPSA) is 44.1 Å². The number of nitrogens with zero attached hydrogens (tertiary/aromatic N) is 2. The van der Waals surface area contributed by atoms with Gasteiger partial charge in [-0.15, -0.1) is 0 Å². The van der Waals surface area contributed by atoms with Crippen LogP contribution in [0.1, 0.15) is 11.6 Å². The predicted molar refractivity (Wildman–Crippen MR) is 76.3 cm³/mol. The van der Waals surface area contributed by atoms with Gasteiger partial charge in [0.2, 0.25) is 0 Å². The van der Waals surface area contributed by atoms with Crippen LogP contribution < -0.4 is 0 Å². The molecule has 0 saturated heterocycles. The first-order valence-corrected chi connectivity index (χ1v) is 6.35. The zero-order valence-corrected chi connectivity index (χ0v) is 11.1. The minimum Gasteiger partial charge on any atom is -0.467 e. The maximum Gasteiger partial charge on any atom is 0.335 e. The Labute approximate surface area is 116 Å². The number of hydrogen-bond acceptors (Lipinski definition) is 3. The smallest absolute Gasteiger partial charge is 0.335 e. The van der Waals surface area contributed by atoms with Gasteiger partial charge >= 0.3 is 5.97 Å². The molecule has 1 atom stereocenters. The summed E-state index contributed by atoms with van der Waals surface area (Å²) in [7, 11) is 1.39. The zero-order valence-electron chi connectivity index (χ0n) is 11.1. The minimum absolute atomic E-state index is 0.330. The standard InChI is InChI=1S/C16H14N2O2/c1-20-16(19)15(18-10-4-9-17-18)14-8-7-12-5-2-3-6-13(12)11-14/h2-11,15H,1H3. The molecule has 0 radical (unpaired) electrons. The minimum atomic E-state index is -0.556. The van der Waals surface area contributed by atoms with E-state index in [2.05, 4.69) is 5.10 Å². The summed E-state index contributed by atoms with van der Waals surface area (Å²) in [4.78, 5) is 12.1. The molecule has 0 spiro atoms. The molecule has 3 aromatic rings. The average Bonchev–Trinajstić information content (AvgIpc) is 3.01. The number of rotatable bonds is 3. The molecule has 4 heteroatoms. The van der Waals surface area contributed by atoms with Crippen LogP contribution in [0.3, 0.4) is 0 Å². The van der Waals surface area contributed by atoms with E-state index in [1.807, 2.05) is 42.5 Å². The summed E-state index contributed by atoms with van der Waals surface area (Å²) in [5.74, 6) is -0.330. The Bertz CT molecular complexity index is 735. The number of carbonyl (C=O) groups is 1. The molecule has 0 bridgehead atoms. The fourth-order valence-electron chi connectivity index (χ4n) is 2.32. The maximum absolute atomic E-state index is 12.1. The van der Waals surface area contributed by atoms with Crippen LogP contribution in [0.25, 0.3) is 10.8 Å². The maximum atomic E-state index is 12.1. The summed E-state index contributed by atoms with van der Waals surface area (Å²) < 4.78 is 6.51. The molecular weight excluding hydrogens is 252 g/mol. The lowest BCUT2D eigenvalue weighted by Gasteiger charge is -2.16. The lowest BCUT2D eigenvalue weighted by atomic mass is 10.0. The van der Waals surface area contributed by atoms with Gasteiger partial charge in [0.1, 0.15) is 0 Å². The first-order valence-electron chi connectivity index (χ1n) is 6.35. The summed E-state index contributed by atoms with van der Waals surface area (Å²) >= 11 is 0. The summed E-state index contributed by atoms with van der Waals surface area (Å²) in [6.45, 7) is 0. The summed E-state index contributed by atoms with van der Waals surface area (Å²) in [5, 5.41) is 6.39. The molecule has 0 N–H and O–H groups in total. The Kier molecular flexibility index (Phi) is 3.21. The number of ether oxygens (including phenoxy) is 1. The van der Waals surface area contributed by atoms with Crippen LogP contribution in [0.2, 0.25) is 0 Å². The highest BCUT2D eigenvalue weighted by Gasteiger charge is 2.23. The first kappa shape index (κ1) is 12.4. The normalized spacial score (nSPS) is 12.2. The highest BCUT2D eigenvalue weighted by molar-refractivity contribution is 5.85. The summed E-state index contributed by atoms with van der Waals surface area (Å²) in [5.41, 5.74) is 0.860. The van der Waals surface area contributed by atoms with E-state index in [-0.39, 0.29) is 5.97 Å². The Hall–Kier alpha value is -2.62. The van der Waals surface area contributed by atoms with Crippen molar-refractivity contribution < 1.29 is 9.53 Å². The number of hydrogen-bond donors (Lipinski definition) is 0. The number of esters is 1. The van der Waals surface area contributed by atoms with Crippen molar-refractivity contribution >= 4 is 16.7 Å². The molecule has 0 saturated carbocycles. The monoisotopic (exact) mass is 266 g/mol. The third kappa shape index (κ3) is 2.16. The van der Waals surface area contributed by atoms with E-state index < -0.39 is 6.04 Å².